The van der Waals surface area contributed by atoms with E-state index in [4.69, 9.17) is 5.11 Å². The Bertz CT molecular complexity index is 376. The molecule has 7 heteroatoms. The molecule has 2 rings (SSSR count). The molecule has 0 aliphatic carbocycles. The molecule has 2 fully saturated rings. The number of carboxylic acids is 1. The minimum atomic E-state index is -0.900. The Labute approximate surface area is 124 Å². The molecule has 0 saturated carbocycles. The van der Waals surface area contributed by atoms with Crippen molar-refractivity contribution >= 4 is 23.8 Å². The predicted octanol–water partition coefficient (Wildman–Crippen LogP) is 0.982. The van der Waals surface area contributed by atoms with Gasteiger partial charge in [-0.05, 0) is 19.5 Å². The highest BCUT2D eigenvalue weighted by Crippen LogP contribution is 2.25. The van der Waals surface area contributed by atoms with Gasteiger partial charge in [0.2, 0.25) is 0 Å². The van der Waals surface area contributed by atoms with E-state index in [1.165, 1.54) is 16.7 Å². The van der Waals surface area contributed by atoms with Gasteiger partial charge >= 0.3 is 12.0 Å². The molecule has 2 atom stereocenters. The number of likely N-dealkylation sites (N-methyl/N-ethyl adjacent to an activating group) is 1. The van der Waals surface area contributed by atoms with Crippen LogP contribution in [0.15, 0.2) is 0 Å². The van der Waals surface area contributed by atoms with E-state index in [2.05, 4.69) is 18.7 Å². The van der Waals surface area contributed by atoms with E-state index in [1.807, 2.05) is 4.90 Å². The number of aliphatic carboxylic acids is 1. The average Bonchev–Trinajstić information content (AvgIpc) is 3.08. The molecule has 1 N–H and O–H groups in total. The summed E-state index contributed by atoms with van der Waals surface area (Å²) in [7, 11) is 0. The summed E-state index contributed by atoms with van der Waals surface area (Å²) < 4.78 is 0. The fourth-order valence-corrected chi connectivity index (χ4v) is 4.11. The van der Waals surface area contributed by atoms with E-state index in [1.54, 1.807) is 0 Å². The molecule has 20 heavy (non-hydrogen) atoms. The highest BCUT2D eigenvalue weighted by molar-refractivity contribution is 7.99. The first-order valence-electron chi connectivity index (χ1n) is 7.18. The van der Waals surface area contributed by atoms with Gasteiger partial charge in [-0.2, -0.15) is 0 Å². The molecule has 2 aliphatic rings. The Hall–Kier alpha value is -0.950. The van der Waals surface area contributed by atoms with Gasteiger partial charge in [-0.25, -0.2) is 9.59 Å². The molecular formula is C13H23N3O3S. The van der Waals surface area contributed by atoms with Gasteiger partial charge in [0.05, 0.1) is 5.88 Å². The lowest BCUT2D eigenvalue weighted by Gasteiger charge is -2.29. The monoisotopic (exact) mass is 301 g/mol. The first-order chi connectivity index (χ1) is 9.58. The second-order valence-corrected chi connectivity index (χ2v) is 6.22. The Morgan fingerprint density at radius 3 is 2.65 bits per heavy atom. The number of carboxylic acid groups (broad SMARTS) is 1. The minimum absolute atomic E-state index is 0.114. The molecule has 0 radical (unpaired) electrons. The number of urea groups is 1. The molecule has 2 amide bonds. The molecule has 0 aromatic carbocycles. The normalized spacial score (nSPS) is 26.6. The summed E-state index contributed by atoms with van der Waals surface area (Å²) in [6, 6.07) is -0.371. The van der Waals surface area contributed by atoms with Crippen molar-refractivity contribution in [3.05, 3.63) is 0 Å². The number of thioether (sulfide) groups is 1. The predicted molar refractivity (Wildman–Crippen MR) is 78.9 cm³/mol. The van der Waals surface area contributed by atoms with E-state index in [0.29, 0.717) is 24.2 Å². The molecule has 2 aliphatic heterocycles. The standard InChI is InChI=1S/C13H23N3O3S/c1-3-14(4-2)10-5-6-15(7-10)13(19)16-9-20-8-11(16)12(17)18/h10-11H,3-9H2,1-2H3,(H,17,18)/t10?,11-/m0/s1. The number of hydrogen-bond acceptors (Lipinski definition) is 4. The number of amides is 2. The molecule has 1 unspecified atom stereocenters. The van der Waals surface area contributed by atoms with E-state index < -0.39 is 12.0 Å². The lowest BCUT2D eigenvalue weighted by molar-refractivity contribution is -0.140. The molecule has 2 heterocycles. The maximum absolute atomic E-state index is 12.5. The topological polar surface area (TPSA) is 64.1 Å². The van der Waals surface area contributed by atoms with Gasteiger partial charge in [0.15, 0.2) is 0 Å². The van der Waals surface area contributed by atoms with Gasteiger partial charge in [-0.3, -0.25) is 4.90 Å². The summed E-state index contributed by atoms with van der Waals surface area (Å²) in [5.74, 6) is 0.0826. The van der Waals surface area contributed by atoms with Crippen molar-refractivity contribution in [3.63, 3.8) is 0 Å². The van der Waals surface area contributed by atoms with Crippen LogP contribution in [0.2, 0.25) is 0 Å². The van der Waals surface area contributed by atoms with Crippen LogP contribution in [0.1, 0.15) is 20.3 Å². The number of rotatable bonds is 4. The van der Waals surface area contributed by atoms with Crippen LogP contribution in [0.4, 0.5) is 4.79 Å². The molecule has 6 nitrogen and oxygen atoms in total. The first-order valence-corrected chi connectivity index (χ1v) is 8.34. The van der Waals surface area contributed by atoms with Crippen molar-refractivity contribution in [2.75, 3.05) is 37.8 Å². The van der Waals surface area contributed by atoms with Crippen LogP contribution >= 0.6 is 11.8 Å². The van der Waals surface area contributed by atoms with Crippen molar-refractivity contribution in [1.82, 2.24) is 14.7 Å². The summed E-state index contributed by atoms with van der Waals surface area (Å²) in [6.07, 6.45) is 0.978. The lowest BCUT2D eigenvalue weighted by atomic mass is 10.2. The van der Waals surface area contributed by atoms with Gasteiger partial charge in [-0.15, -0.1) is 11.8 Å². The maximum Gasteiger partial charge on any atom is 0.327 e. The zero-order chi connectivity index (χ0) is 14.7. The van der Waals surface area contributed by atoms with E-state index in [9.17, 15) is 9.59 Å². The third kappa shape index (κ3) is 3.03. The summed E-state index contributed by atoms with van der Waals surface area (Å²) in [5, 5.41) is 9.16. The number of carbonyl (C=O) groups is 2. The van der Waals surface area contributed by atoms with Gasteiger partial charge < -0.3 is 14.9 Å². The second-order valence-electron chi connectivity index (χ2n) is 5.22. The van der Waals surface area contributed by atoms with Crippen LogP contribution in [0.3, 0.4) is 0 Å². The van der Waals surface area contributed by atoms with Gasteiger partial charge in [0.1, 0.15) is 6.04 Å². The molecule has 2 saturated heterocycles. The van der Waals surface area contributed by atoms with E-state index >= 15 is 0 Å². The molecule has 0 bridgehead atoms. The minimum Gasteiger partial charge on any atom is -0.480 e. The highest BCUT2D eigenvalue weighted by Gasteiger charge is 2.39. The number of nitrogens with zero attached hydrogens (tertiary/aromatic N) is 3. The lowest BCUT2D eigenvalue weighted by Crippen LogP contribution is -2.49. The van der Waals surface area contributed by atoms with Gasteiger partial charge in [-0.1, -0.05) is 13.8 Å². The van der Waals surface area contributed by atoms with E-state index in [0.717, 1.165) is 26.1 Å². The van der Waals surface area contributed by atoms with Crippen LogP contribution in [0, 0.1) is 0 Å². The number of likely N-dealkylation sites (tertiary alicyclic amines) is 1. The van der Waals surface area contributed by atoms with Crippen molar-refractivity contribution in [2.24, 2.45) is 0 Å². The quantitative estimate of drug-likeness (QED) is 0.838. The zero-order valence-electron chi connectivity index (χ0n) is 12.1. The molecule has 0 aromatic rings. The first kappa shape index (κ1) is 15.4. The Kier molecular flexibility index (Phi) is 5.15. The second kappa shape index (κ2) is 6.67. The maximum atomic E-state index is 12.5. The van der Waals surface area contributed by atoms with Crippen molar-refractivity contribution < 1.29 is 14.7 Å². The SMILES string of the molecule is CCN(CC)C1CCN(C(=O)N2CSC[C@H]2C(=O)O)C1. The van der Waals surface area contributed by atoms with Gasteiger partial charge in [0.25, 0.3) is 0 Å². The van der Waals surface area contributed by atoms with Crippen LogP contribution < -0.4 is 0 Å². The third-order valence-corrected chi connectivity index (χ3v) is 5.19. The fourth-order valence-electron chi connectivity index (χ4n) is 2.97. The van der Waals surface area contributed by atoms with Crippen LogP contribution in [0.25, 0.3) is 0 Å². The summed E-state index contributed by atoms with van der Waals surface area (Å²) >= 11 is 1.51. The van der Waals surface area contributed by atoms with Crippen LogP contribution in [-0.4, -0.2) is 81.7 Å². The summed E-state index contributed by atoms with van der Waals surface area (Å²) in [6.45, 7) is 7.68. The average molecular weight is 301 g/mol. The van der Waals surface area contributed by atoms with Crippen LogP contribution in [0.5, 0.6) is 0 Å². The fraction of sp³-hybridized carbons (Fsp3) is 0.846. The van der Waals surface area contributed by atoms with Crippen molar-refractivity contribution in [1.29, 1.82) is 0 Å². The smallest absolute Gasteiger partial charge is 0.327 e. The molecule has 114 valence electrons. The number of hydrogen-bond donors (Lipinski definition) is 1. The number of carbonyl (C=O) groups excluding carboxylic acids is 1. The van der Waals surface area contributed by atoms with Crippen LogP contribution in [-0.2, 0) is 4.79 Å². The highest BCUT2D eigenvalue weighted by atomic mass is 32.2. The Balaban J connectivity index is 1.96. The summed E-state index contributed by atoms with van der Waals surface area (Å²) in [4.78, 5) is 29.3. The molecular weight excluding hydrogens is 278 g/mol. The Morgan fingerprint density at radius 2 is 2.05 bits per heavy atom. The molecule has 0 spiro atoms. The Morgan fingerprint density at radius 1 is 1.35 bits per heavy atom. The van der Waals surface area contributed by atoms with E-state index in [-0.39, 0.29) is 6.03 Å². The van der Waals surface area contributed by atoms with Gasteiger partial charge in [0, 0.05) is 24.9 Å². The zero-order valence-corrected chi connectivity index (χ0v) is 12.9. The third-order valence-electron chi connectivity index (χ3n) is 4.18. The summed E-state index contributed by atoms with van der Waals surface area (Å²) in [5.41, 5.74) is 0. The van der Waals surface area contributed by atoms with Crippen molar-refractivity contribution in [2.45, 2.75) is 32.4 Å². The largest absolute Gasteiger partial charge is 0.480 e. The van der Waals surface area contributed by atoms with Crippen molar-refractivity contribution in [3.8, 4) is 0 Å². The molecule has 0 aromatic heterocycles.